The van der Waals surface area contributed by atoms with Gasteiger partial charge in [-0.3, -0.25) is 0 Å². The summed E-state index contributed by atoms with van der Waals surface area (Å²) in [5, 5.41) is 11.6. The third kappa shape index (κ3) is 3.12. The van der Waals surface area contributed by atoms with Crippen molar-refractivity contribution in [2.75, 3.05) is 18.4 Å². The monoisotopic (exact) mass is 349 g/mol. The first-order chi connectivity index (χ1) is 12.9. The van der Waals surface area contributed by atoms with Crippen LogP contribution in [0.15, 0.2) is 42.6 Å². The minimum absolute atomic E-state index is 0.190. The summed E-state index contributed by atoms with van der Waals surface area (Å²) in [7, 11) is 0. The van der Waals surface area contributed by atoms with Crippen LogP contribution in [0.1, 0.15) is 36.4 Å². The number of nitrogens with zero attached hydrogens (tertiary/aromatic N) is 3. The van der Waals surface area contributed by atoms with E-state index in [1.807, 2.05) is 22.8 Å². The van der Waals surface area contributed by atoms with Gasteiger partial charge in [0.05, 0.1) is 17.6 Å². The first-order valence-corrected chi connectivity index (χ1v) is 9.41. The lowest BCUT2D eigenvalue weighted by molar-refractivity contribution is 0.211. The molecule has 2 aliphatic rings. The van der Waals surface area contributed by atoms with E-state index in [-0.39, 0.29) is 6.10 Å². The lowest BCUT2D eigenvalue weighted by Gasteiger charge is -2.15. The summed E-state index contributed by atoms with van der Waals surface area (Å²) in [6, 6.07) is 12.4. The average Bonchev–Trinajstić information content (AvgIpc) is 3.21. The molecule has 3 heterocycles. The van der Waals surface area contributed by atoms with E-state index in [4.69, 9.17) is 9.84 Å². The molecule has 0 radical (unpaired) electrons. The van der Waals surface area contributed by atoms with Gasteiger partial charge in [0.25, 0.3) is 0 Å². The van der Waals surface area contributed by atoms with E-state index in [1.54, 1.807) is 0 Å². The number of aromatic nitrogens is 3. The predicted molar refractivity (Wildman–Crippen MR) is 101 cm³/mol. The summed E-state index contributed by atoms with van der Waals surface area (Å²) in [5.74, 6) is 1.25. The van der Waals surface area contributed by atoms with Crippen LogP contribution >= 0.6 is 0 Å². The number of imidazole rings is 1. The van der Waals surface area contributed by atoms with Crippen molar-refractivity contribution < 1.29 is 4.74 Å². The van der Waals surface area contributed by atoms with Gasteiger partial charge >= 0.3 is 0 Å². The fraction of sp³-hybridized carbons (Fsp3) is 0.400. The van der Waals surface area contributed by atoms with E-state index in [0.29, 0.717) is 11.8 Å². The van der Waals surface area contributed by atoms with Gasteiger partial charge in [0.15, 0.2) is 5.65 Å². The smallest absolute Gasteiger partial charge is 0.234 e. The van der Waals surface area contributed by atoms with Gasteiger partial charge in [0.2, 0.25) is 5.88 Å². The van der Waals surface area contributed by atoms with Gasteiger partial charge in [-0.2, -0.15) is 0 Å². The van der Waals surface area contributed by atoms with Crippen molar-refractivity contribution >= 4 is 11.3 Å². The zero-order valence-electron chi connectivity index (χ0n) is 14.7. The number of fused-ring (bicyclic) bond motifs is 1. The molecule has 0 spiro atoms. The van der Waals surface area contributed by atoms with Crippen molar-refractivity contribution in [1.82, 2.24) is 19.9 Å². The van der Waals surface area contributed by atoms with Gasteiger partial charge in [-0.15, -0.1) is 5.10 Å². The number of ether oxygens (including phenoxy) is 1. The number of rotatable bonds is 6. The molecule has 6 heteroatoms. The second-order valence-corrected chi connectivity index (χ2v) is 7.16. The standard InChI is InChI=1S/C20H23N5O/c1-2-4-14(5-3-1)11-22-17-10-19(26-16-8-9-21-12-16)24-25-18(15-6-7-15)13-23-20(17)25/h1-5,10,13,15-16,21-22H,6-9,11-12H2/t16-/m0/s1. The molecular formula is C20H23N5O. The maximum Gasteiger partial charge on any atom is 0.234 e. The lowest BCUT2D eigenvalue weighted by atomic mass is 10.2. The Morgan fingerprint density at radius 3 is 2.85 bits per heavy atom. The van der Waals surface area contributed by atoms with Crippen LogP contribution in [0.2, 0.25) is 0 Å². The van der Waals surface area contributed by atoms with Crippen LogP contribution in [0.3, 0.4) is 0 Å². The van der Waals surface area contributed by atoms with Gasteiger partial charge in [0.1, 0.15) is 6.10 Å². The van der Waals surface area contributed by atoms with Gasteiger partial charge < -0.3 is 15.4 Å². The molecule has 134 valence electrons. The molecule has 1 aliphatic heterocycles. The summed E-state index contributed by atoms with van der Waals surface area (Å²) < 4.78 is 8.11. The van der Waals surface area contributed by atoms with Crippen LogP contribution < -0.4 is 15.4 Å². The highest BCUT2D eigenvalue weighted by Crippen LogP contribution is 2.40. The summed E-state index contributed by atoms with van der Waals surface area (Å²) in [4.78, 5) is 4.64. The van der Waals surface area contributed by atoms with Crippen LogP contribution in [0.4, 0.5) is 5.69 Å². The first kappa shape index (κ1) is 15.6. The molecule has 0 amide bonds. The molecule has 1 aliphatic carbocycles. The third-order valence-electron chi connectivity index (χ3n) is 5.10. The molecule has 3 aromatic rings. The highest BCUT2D eigenvalue weighted by atomic mass is 16.5. The molecule has 1 saturated carbocycles. The third-order valence-corrected chi connectivity index (χ3v) is 5.10. The van der Waals surface area contributed by atoms with Crippen molar-refractivity contribution in [3.05, 3.63) is 53.9 Å². The molecule has 0 unspecified atom stereocenters. The Kier molecular flexibility index (Phi) is 3.97. The molecule has 1 saturated heterocycles. The normalized spacial score (nSPS) is 19.8. The second-order valence-electron chi connectivity index (χ2n) is 7.16. The maximum atomic E-state index is 6.14. The predicted octanol–water partition coefficient (Wildman–Crippen LogP) is 2.96. The molecule has 2 N–H and O–H groups in total. The zero-order chi connectivity index (χ0) is 17.3. The minimum atomic E-state index is 0.190. The van der Waals surface area contributed by atoms with Crippen molar-refractivity contribution in [2.45, 2.75) is 37.8 Å². The fourth-order valence-electron chi connectivity index (χ4n) is 3.50. The molecule has 1 aromatic carbocycles. The molecule has 5 rings (SSSR count). The molecule has 26 heavy (non-hydrogen) atoms. The lowest BCUT2D eigenvalue weighted by Crippen LogP contribution is -2.20. The molecule has 1 atom stereocenters. The molecule has 2 fully saturated rings. The van der Waals surface area contributed by atoms with Gasteiger partial charge in [-0.1, -0.05) is 30.3 Å². The van der Waals surface area contributed by atoms with Crippen molar-refractivity contribution in [2.24, 2.45) is 0 Å². The maximum absolute atomic E-state index is 6.14. The van der Waals surface area contributed by atoms with E-state index < -0.39 is 0 Å². The molecular weight excluding hydrogens is 326 g/mol. The summed E-state index contributed by atoms with van der Waals surface area (Å²) in [6.07, 6.45) is 5.62. The Labute approximate surface area is 152 Å². The van der Waals surface area contributed by atoms with Crippen molar-refractivity contribution in [1.29, 1.82) is 0 Å². The van der Waals surface area contributed by atoms with E-state index in [2.05, 4.69) is 39.9 Å². The van der Waals surface area contributed by atoms with Crippen LogP contribution in [-0.4, -0.2) is 33.8 Å². The van der Waals surface area contributed by atoms with Crippen LogP contribution in [0.25, 0.3) is 5.65 Å². The molecule has 6 nitrogen and oxygen atoms in total. The molecule has 2 aromatic heterocycles. The number of anilines is 1. The quantitative estimate of drug-likeness (QED) is 0.716. The van der Waals surface area contributed by atoms with E-state index >= 15 is 0 Å². The van der Waals surface area contributed by atoms with Gasteiger partial charge in [-0.05, 0) is 31.4 Å². The van der Waals surface area contributed by atoms with Gasteiger partial charge in [0, 0.05) is 25.1 Å². The highest BCUT2D eigenvalue weighted by molar-refractivity contribution is 5.68. The summed E-state index contributed by atoms with van der Waals surface area (Å²) in [5.41, 5.74) is 4.27. The van der Waals surface area contributed by atoms with E-state index in [9.17, 15) is 0 Å². The molecule has 0 bridgehead atoms. The fourth-order valence-corrected chi connectivity index (χ4v) is 3.50. The largest absolute Gasteiger partial charge is 0.472 e. The number of nitrogens with one attached hydrogen (secondary N) is 2. The number of benzene rings is 1. The number of hydrogen-bond donors (Lipinski definition) is 2. The SMILES string of the molecule is c1ccc(CNc2cc(O[C@H]3CCNC3)nn3c(C4CC4)cnc23)cc1. The van der Waals surface area contributed by atoms with Crippen molar-refractivity contribution in [3.8, 4) is 5.88 Å². The summed E-state index contributed by atoms with van der Waals surface area (Å²) >= 11 is 0. The van der Waals surface area contributed by atoms with E-state index in [0.717, 1.165) is 37.4 Å². The Balaban J connectivity index is 1.47. The Bertz CT molecular complexity index is 897. The zero-order valence-corrected chi connectivity index (χ0v) is 14.7. The number of hydrogen-bond acceptors (Lipinski definition) is 5. The highest BCUT2D eigenvalue weighted by Gasteiger charge is 2.28. The average molecular weight is 349 g/mol. The second kappa shape index (κ2) is 6.61. The summed E-state index contributed by atoms with van der Waals surface area (Å²) in [6.45, 7) is 2.63. The topological polar surface area (TPSA) is 63.5 Å². The van der Waals surface area contributed by atoms with Crippen LogP contribution in [0.5, 0.6) is 5.88 Å². The van der Waals surface area contributed by atoms with Crippen LogP contribution in [-0.2, 0) is 6.54 Å². The Morgan fingerprint density at radius 1 is 1.19 bits per heavy atom. The van der Waals surface area contributed by atoms with Crippen molar-refractivity contribution in [3.63, 3.8) is 0 Å². The Morgan fingerprint density at radius 2 is 2.08 bits per heavy atom. The van der Waals surface area contributed by atoms with Crippen LogP contribution in [0, 0.1) is 0 Å². The Hall–Kier alpha value is -2.60. The first-order valence-electron chi connectivity index (χ1n) is 9.41. The van der Waals surface area contributed by atoms with Gasteiger partial charge in [-0.25, -0.2) is 9.50 Å². The minimum Gasteiger partial charge on any atom is -0.472 e. The van der Waals surface area contributed by atoms with E-state index in [1.165, 1.54) is 24.1 Å².